The Morgan fingerprint density at radius 3 is 1.53 bits per heavy atom. The van der Waals surface area contributed by atoms with Crippen molar-refractivity contribution in [3.63, 3.8) is 0 Å². The highest BCUT2D eigenvalue weighted by Gasteiger charge is 2.59. The Morgan fingerprint density at radius 1 is 0.733 bits per heavy atom. The Hall–Kier alpha value is -1.18. The van der Waals surface area contributed by atoms with Crippen LogP contribution in [0.4, 0.5) is 0 Å². The molecular formula is C13H12O2. The molecule has 0 aromatic heterocycles. The molecule has 5 aliphatic rings. The maximum absolute atomic E-state index is 11.8. The highest BCUT2D eigenvalue weighted by Crippen LogP contribution is 2.58. The molecular weight excluding hydrogens is 188 g/mol. The number of rotatable bonds is 0. The summed E-state index contributed by atoms with van der Waals surface area (Å²) < 4.78 is 0. The van der Waals surface area contributed by atoms with Crippen molar-refractivity contribution < 1.29 is 9.59 Å². The molecule has 15 heavy (non-hydrogen) atoms. The number of Topliss-reactive ketones (excluding diaryl/α,β-unsaturated/α-hetero) is 2. The minimum Gasteiger partial charge on any atom is -0.299 e. The van der Waals surface area contributed by atoms with Crippen LogP contribution >= 0.6 is 0 Å². The van der Waals surface area contributed by atoms with E-state index in [9.17, 15) is 9.59 Å². The van der Waals surface area contributed by atoms with E-state index in [4.69, 9.17) is 0 Å². The van der Waals surface area contributed by atoms with Crippen molar-refractivity contribution in [2.24, 2.45) is 35.5 Å². The van der Waals surface area contributed by atoms with Gasteiger partial charge in [0.15, 0.2) is 0 Å². The van der Waals surface area contributed by atoms with Gasteiger partial charge < -0.3 is 0 Å². The third-order valence-corrected chi connectivity index (χ3v) is 4.75. The second kappa shape index (κ2) is 2.31. The minimum absolute atomic E-state index is 0.0266. The first kappa shape index (κ1) is 8.03. The Kier molecular flexibility index (Phi) is 1.24. The smallest absolute Gasteiger partial charge is 0.144 e. The Bertz CT molecular complexity index is 394. The molecule has 5 rings (SSSR count). The second-order valence-electron chi connectivity index (χ2n) is 5.24. The largest absolute Gasteiger partial charge is 0.299 e. The zero-order valence-electron chi connectivity index (χ0n) is 8.30. The number of carbonyl (C=O) groups is 2. The van der Waals surface area contributed by atoms with Crippen LogP contribution in [0, 0.1) is 35.5 Å². The lowest BCUT2D eigenvalue weighted by Gasteiger charge is -2.52. The van der Waals surface area contributed by atoms with E-state index in [0.717, 1.165) is 0 Å². The SMILES string of the molecule is O=C1CC(=O)C2C3C=CC(C4C=CC43)C12. The van der Waals surface area contributed by atoms with Gasteiger partial charge >= 0.3 is 0 Å². The van der Waals surface area contributed by atoms with Crippen molar-refractivity contribution in [1.82, 2.24) is 0 Å². The summed E-state index contributed by atoms with van der Waals surface area (Å²) in [4.78, 5) is 23.6. The van der Waals surface area contributed by atoms with Gasteiger partial charge in [0.25, 0.3) is 0 Å². The standard InChI is InChI=1S/C13H12O2/c14-10-5-11(15)13-9-4-3-8(12(10)13)6-1-2-7(6)9/h1-4,6-9,12-13H,5H2. The molecule has 76 valence electrons. The topological polar surface area (TPSA) is 34.1 Å². The van der Waals surface area contributed by atoms with Gasteiger partial charge in [-0.1, -0.05) is 24.3 Å². The minimum atomic E-state index is 0.0266. The fourth-order valence-corrected chi connectivity index (χ4v) is 4.09. The molecule has 2 saturated carbocycles. The lowest BCUT2D eigenvalue weighted by molar-refractivity contribution is -0.127. The molecule has 0 radical (unpaired) electrons. The van der Waals surface area contributed by atoms with Crippen LogP contribution in [0.3, 0.4) is 0 Å². The van der Waals surface area contributed by atoms with E-state index >= 15 is 0 Å². The van der Waals surface area contributed by atoms with Crippen LogP contribution < -0.4 is 0 Å². The summed E-state index contributed by atoms with van der Waals surface area (Å²) in [7, 11) is 0. The molecule has 0 N–H and O–H groups in total. The molecule has 0 spiro atoms. The van der Waals surface area contributed by atoms with Crippen molar-refractivity contribution in [3.05, 3.63) is 24.3 Å². The third kappa shape index (κ3) is 0.747. The maximum atomic E-state index is 11.8. The Balaban J connectivity index is 1.88. The van der Waals surface area contributed by atoms with Gasteiger partial charge in [-0.3, -0.25) is 9.59 Å². The molecule has 0 aliphatic heterocycles. The van der Waals surface area contributed by atoms with Gasteiger partial charge in [0.2, 0.25) is 0 Å². The average molecular weight is 200 g/mol. The molecule has 2 nitrogen and oxygen atoms in total. The third-order valence-electron chi connectivity index (χ3n) is 4.75. The van der Waals surface area contributed by atoms with Crippen molar-refractivity contribution >= 4 is 11.6 Å². The number of hydrogen-bond acceptors (Lipinski definition) is 2. The lowest BCUT2D eigenvalue weighted by Crippen LogP contribution is -2.50. The molecule has 0 saturated heterocycles. The van der Waals surface area contributed by atoms with Crippen molar-refractivity contribution in [1.29, 1.82) is 0 Å². The molecule has 0 aromatic carbocycles. The molecule has 2 bridgehead atoms. The van der Waals surface area contributed by atoms with Gasteiger partial charge in [0.05, 0.1) is 6.42 Å². The van der Waals surface area contributed by atoms with E-state index in [1.165, 1.54) is 0 Å². The summed E-state index contributed by atoms with van der Waals surface area (Å²) in [5.41, 5.74) is 0. The van der Waals surface area contributed by atoms with E-state index in [-0.39, 0.29) is 29.8 Å². The van der Waals surface area contributed by atoms with E-state index in [1.54, 1.807) is 0 Å². The molecule has 0 aromatic rings. The Labute approximate surface area is 88.0 Å². The number of carbonyl (C=O) groups excluding carboxylic acids is 2. The highest BCUT2D eigenvalue weighted by molar-refractivity contribution is 6.09. The van der Waals surface area contributed by atoms with Crippen molar-refractivity contribution in [3.8, 4) is 0 Å². The van der Waals surface area contributed by atoms with Crippen LogP contribution in [0.1, 0.15) is 6.42 Å². The summed E-state index contributed by atoms with van der Waals surface area (Å²) >= 11 is 0. The number of hydrogen-bond donors (Lipinski definition) is 0. The first-order chi connectivity index (χ1) is 7.27. The molecule has 5 aliphatic carbocycles. The zero-order valence-corrected chi connectivity index (χ0v) is 8.30. The molecule has 0 heterocycles. The summed E-state index contributed by atoms with van der Waals surface area (Å²) in [5, 5.41) is 0. The summed E-state index contributed by atoms with van der Waals surface area (Å²) in [6, 6.07) is 0. The normalized spacial score (nSPS) is 54.1. The molecule has 6 atom stereocenters. The monoisotopic (exact) mass is 200 g/mol. The van der Waals surface area contributed by atoms with Crippen molar-refractivity contribution in [2.45, 2.75) is 6.42 Å². The van der Waals surface area contributed by atoms with Crippen molar-refractivity contribution in [2.75, 3.05) is 0 Å². The summed E-state index contributed by atoms with van der Waals surface area (Å²) in [6.45, 7) is 0. The van der Waals surface area contributed by atoms with Crippen LogP contribution in [-0.2, 0) is 9.59 Å². The van der Waals surface area contributed by atoms with Gasteiger partial charge in [-0.2, -0.15) is 0 Å². The highest BCUT2D eigenvalue weighted by atomic mass is 16.2. The quantitative estimate of drug-likeness (QED) is 0.437. The summed E-state index contributed by atoms with van der Waals surface area (Å²) in [6.07, 6.45) is 9.01. The van der Waals surface area contributed by atoms with E-state index in [2.05, 4.69) is 24.3 Å². The van der Waals surface area contributed by atoms with Crippen LogP contribution in [0.25, 0.3) is 0 Å². The van der Waals surface area contributed by atoms with Gasteiger partial charge in [-0.25, -0.2) is 0 Å². The molecule has 6 unspecified atom stereocenters. The maximum Gasteiger partial charge on any atom is 0.144 e. The zero-order chi connectivity index (χ0) is 10.2. The fourth-order valence-electron chi connectivity index (χ4n) is 4.09. The van der Waals surface area contributed by atoms with Crippen LogP contribution in [0.5, 0.6) is 0 Å². The van der Waals surface area contributed by atoms with Crippen LogP contribution in [-0.4, -0.2) is 11.6 Å². The number of allylic oxidation sites excluding steroid dienone is 4. The second-order valence-corrected chi connectivity index (χ2v) is 5.24. The van der Waals surface area contributed by atoms with Crippen LogP contribution in [0.2, 0.25) is 0 Å². The van der Waals surface area contributed by atoms with Gasteiger partial charge in [-0.15, -0.1) is 0 Å². The van der Waals surface area contributed by atoms with E-state index in [0.29, 0.717) is 23.7 Å². The first-order valence-corrected chi connectivity index (χ1v) is 5.69. The number of ketones is 2. The van der Waals surface area contributed by atoms with Gasteiger partial charge in [0.1, 0.15) is 11.6 Å². The predicted molar refractivity (Wildman–Crippen MR) is 53.9 cm³/mol. The van der Waals surface area contributed by atoms with Crippen LogP contribution in [0.15, 0.2) is 24.3 Å². The lowest BCUT2D eigenvalue weighted by atomic mass is 9.50. The fraction of sp³-hybridized carbons (Fsp3) is 0.538. The first-order valence-electron chi connectivity index (χ1n) is 5.69. The van der Waals surface area contributed by atoms with Gasteiger partial charge in [-0.05, 0) is 23.7 Å². The molecule has 2 heteroatoms. The Morgan fingerprint density at radius 2 is 1.13 bits per heavy atom. The van der Waals surface area contributed by atoms with E-state index < -0.39 is 0 Å². The average Bonchev–Trinajstić information content (AvgIpc) is 2.44. The molecule has 2 fully saturated rings. The molecule has 0 amide bonds. The van der Waals surface area contributed by atoms with E-state index in [1.807, 2.05) is 0 Å². The predicted octanol–water partition coefficient (Wildman–Crippen LogP) is 1.38. The summed E-state index contributed by atoms with van der Waals surface area (Å²) in [5.74, 6) is 2.21. The van der Waals surface area contributed by atoms with Gasteiger partial charge in [0, 0.05) is 11.8 Å².